The minimum absolute atomic E-state index is 0.207. The first-order valence-electron chi connectivity index (χ1n) is 4.85. The molecule has 0 fully saturated rings. The Morgan fingerprint density at radius 3 is 2.15 bits per heavy atom. The summed E-state index contributed by atoms with van der Waals surface area (Å²) >= 11 is 0. The molecule has 3 nitrogen and oxygen atoms in total. The van der Waals surface area contributed by atoms with E-state index in [-0.39, 0.29) is 11.0 Å². The van der Waals surface area contributed by atoms with Gasteiger partial charge < -0.3 is 5.32 Å². The van der Waals surface area contributed by atoms with E-state index >= 15 is 0 Å². The monoisotopic (exact) mass is 207 g/mol. The Morgan fingerprint density at radius 1 is 1.23 bits per heavy atom. The molecule has 0 aromatic carbocycles. The smallest absolute Gasteiger partial charge is 0.154 e. The first-order chi connectivity index (χ1) is 5.90. The average molecular weight is 207 g/mol. The van der Waals surface area contributed by atoms with Crippen LogP contribution in [0.15, 0.2) is 0 Å². The molecule has 1 N–H and O–H groups in total. The summed E-state index contributed by atoms with van der Waals surface area (Å²) in [5, 5.41) is 2.89. The molecule has 0 radical (unpaired) electrons. The quantitative estimate of drug-likeness (QED) is 0.712. The number of nitrogens with one attached hydrogen (secondary N) is 1. The highest BCUT2D eigenvalue weighted by atomic mass is 32.2. The molecule has 1 unspecified atom stereocenters. The van der Waals surface area contributed by atoms with Gasteiger partial charge in [0.05, 0.1) is 11.0 Å². The molecule has 0 heterocycles. The van der Waals surface area contributed by atoms with Crippen molar-refractivity contribution in [2.45, 2.75) is 45.4 Å². The average Bonchev–Trinajstić information content (AvgIpc) is 2.01. The molecule has 1 atom stereocenters. The van der Waals surface area contributed by atoms with Gasteiger partial charge in [-0.25, -0.2) is 8.42 Å². The van der Waals surface area contributed by atoms with E-state index in [0.29, 0.717) is 19.0 Å². The molecule has 4 heteroatoms. The van der Waals surface area contributed by atoms with E-state index in [4.69, 9.17) is 0 Å². The van der Waals surface area contributed by atoms with Gasteiger partial charge in [-0.05, 0) is 13.3 Å². The molecule has 0 amide bonds. The molecule has 0 aromatic heterocycles. The molecular weight excluding hydrogens is 186 g/mol. The van der Waals surface area contributed by atoms with Gasteiger partial charge in [0.25, 0.3) is 0 Å². The van der Waals surface area contributed by atoms with E-state index in [2.05, 4.69) is 5.32 Å². The van der Waals surface area contributed by atoms with Gasteiger partial charge in [0.1, 0.15) is 0 Å². The molecule has 0 rings (SSSR count). The third kappa shape index (κ3) is 5.26. The summed E-state index contributed by atoms with van der Waals surface area (Å²) in [7, 11) is -2.87. The standard InChI is InChI=1S/C9H21NO2S/c1-5-9(4)13(11,12)7-6-10-8(2)3/h8-10H,5-7H2,1-4H3. The Bertz CT molecular complexity index is 222. The maximum atomic E-state index is 11.5. The van der Waals surface area contributed by atoms with Gasteiger partial charge in [0.2, 0.25) is 0 Å². The van der Waals surface area contributed by atoms with Crippen LogP contribution in [0.25, 0.3) is 0 Å². The van der Waals surface area contributed by atoms with Gasteiger partial charge in [-0.2, -0.15) is 0 Å². The van der Waals surface area contributed by atoms with Crippen molar-refractivity contribution in [2.75, 3.05) is 12.3 Å². The predicted octanol–water partition coefficient (Wildman–Crippen LogP) is 1.20. The molecule has 0 aliphatic rings. The van der Waals surface area contributed by atoms with E-state index in [1.165, 1.54) is 0 Å². The lowest BCUT2D eigenvalue weighted by molar-refractivity contribution is 0.566. The third-order valence-corrected chi connectivity index (χ3v) is 4.46. The van der Waals surface area contributed by atoms with Gasteiger partial charge in [-0.1, -0.05) is 20.8 Å². The minimum Gasteiger partial charge on any atom is -0.314 e. The summed E-state index contributed by atoms with van der Waals surface area (Å²) in [6, 6.07) is 0.354. The molecule has 0 aliphatic heterocycles. The van der Waals surface area contributed by atoms with Gasteiger partial charge in [-0.15, -0.1) is 0 Å². The zero-order valence-electron chi connectivity index (χ0n) is 9.00. The molecule has 0 spiro atoms. The fraction of sp³-hybridized carbons (Fsp3) is 1.00. The van der Waals surface area contributed by atoms with Crippen molar-refractivity contribution in [3.8, 4) is 0 Å². The highest BCUT2D eigenvalue weighted by Crippen LogP contribution is 2.04. The van der Waals surface area contributed by atoms with Gasteiger partial charge in [0.15, 0.2) is 9.84 Å². The van der Waals surface area contributed by atoms with E-state index in [9.17, 15) is 8.42 Å². The number of sulfone groups is 1. The lowest BCUT2D eigenvalue weighted by Crippen LogP contribution is -2.31. The maximum Gasteiger partial charge on any atom is 0.154 e. The van der Waals surface area contributed by atoms with Crippen LogP contribution >= 0.6 is 0 Å². The van der Waals surface area contributed by atoms with Crippen molar-refractivity contribution in [3.05, 3.63) is 0 Å². The normalized spacial score (nSPS) is 14.8. The van der Waals surface area contributed by atoms with E-state index in [1.807, 2.05) is 20.8 Å². The first kappa shape index (κ1) is 12.9. The van der Waals surface area contributed by atoms with E-state index < -0.39 is 9.84 Å². The van der Waals surface area contributed by atoms with Gasteiger partial charge in [0, 0.05) is 12.6 Å². The van der Waals surface area contributed by atoms with Crippen LogP contribution < -0.4 is 5.32 Å². The highest BCUT2D eigenvalue weighted by molar-refractivity contribution is 7.92. The van der Waals surface area contributed by atoms with Crippen LogP contribution in [0.1, 0.15) is 34.1 Å². The number of rotatable bonds is 6. The second kappa shape index (κ2) is 5.60. The summed E-state index contributed by atoms with van der Waals surface area (Å²) < 4.78 is 23.0. The lowest BCUT2D eigenvalue weighted by atomic mass is 10.4. The second-order valence-corrected chi connectivity index (χ2v) is 6.23. The Morgan fingerprint density at radius 2 is 1.77 bits per heavy atom. The number of hydrogen-bond donors (Lipinski definition) is 1. The first-order valence-corrected chi connectivity index (χ1v) is 6.56. The van der Waals surface area contributed by atoms with Crippen molar-refractivity contribution in [3.63, 3.8) is 0 Å². The molecule has 80 valence electrons. The maximum absolute atomic E-state index is 11.5. The van der Waals surface area contributed by atoms with Gasteiger partial charge in [-0.3, -0.25) is 0 Å². The highest BCUT2D eigenvalue weighted by Gasteiger charge is 2.17. The summed E-state index contributed by atoms with van der Waals surface area (Å²) in [6.45, 7) is 8.25. The number of hydrogen-bond acceptors (Lipinski definition) is 3. The molecule has 0 aromatic rings. The predicted molar refractivity (Wildman–Crippen MR) is 56.7 cm³/mol. The molecular formula is C9H21NO2S. The van der Waals surface area contributed by atoms with E-state index in [0.717, 1.165) is 0 Å². The van der Waals surface area contributed by atoms with Crippen LogP contribution in [0.4, 0.5) is 0 Å². The molecule has 0 saturated carbocycles. The zero-order valence-corrected chi connectivity index (χ0v) is 9.82. The van der Waals surface area contributed by atoms with Crippen LogP contribution in [0.3, 0.4) is 0 Å². The van der Waals surface area contributed by atoms with Crippen LogP contribution in [0, 0.1) is 0 Å². The van der Waals surface area contributed by atoms with Crippen LogP contribution in [-0.4, -0.2) is 32.0 Å². The summed E-state index contributed by atoms with van der Waals surface area (Å²) in [5.74, 6) is 0.250. The Labute approximate surface area is 81.8 Å². The summed E-state index contributed by atoms with van der Waals surface area (Å²) in [6.07, 6.45) is 0.698. The molecule has 0 saturated heterocycles. The Hall–Kier alpha value is -0.0900. The largest absolute Gasteiger partial charge is 0.314 e. The molecule has 0 bridgehead atoms. The third-order valence-electron chi connectivity index (χ3n) is 2.13. The topological polar surface area (TPSA) is 46.2 Å². The fourth-order valence-electron chi connectivity index (χ4n) is 0.945. The Kier molecular flexibility index (Phi) is 5.56. The van der Waals surface area contributed by atoms with Crippen molar-refractivity contribution in [1.29, 1.82) is 0 Å². The zero-order chi connectivity index (χ0) is 10.5. The SMILES string of the molecule is CCC(C)S(=O)(=O)CCNC(C)C. The van der Waals surface area contributed by atoms with Crippen LogP contribution in [-0.2, 0) is 9.84 Å². The van der Waals surface area contributed by atoms with Crippen molar-refractivity contribution < 1.29 is 8.42 Å². The minimum atomic E-state index is -2.87. The van der Waals surface area contributed by atoms with Gasteiger partial charge >= 0.3 is 0 Å². The molecule has 13 heavy (non-hydrogen) atoms. The van der Waals surface area contributed by atoms with Crippen LogP contribution in [0.5, 0.6) is 0 Å². The fourth-order valence-corrected chi connectivity index (χ4v) is 2.26. The van der Waals surface area contributed by atoms with Crippen molar-refractivity contribution in [1.82, 2.24) is 5.32 Å². The summed E-state index contributed by atoms with van der Waals surface area (Å²) in [5.41, 5.74) is 0. The van der Waals surface area contributed by atoms with Crippen LogP contribution in [0.2, 0.25) is 0 Å². The second-order valence-electron chi connectivity index (χ2n) is 3.69. The van der Waals surface area contributed by atoms with Crippen molar-refractivity contribution in [2.24, 2.45) is 0 Å². The van der Waals surface area contributed by atoms with E-state index in [1.54, 1.807) is 6.92 Å². The molecule has 0 aliphatic carbocycles. The Balaban J connectivity index is 3.91. The lowest BCUT2D eigenvalue weighted by Gasteiger charge is -2.12. The summed E-state index contributed by atoms with van der Waals surface area (Å²) in [4.78, 5) is 0. The van der Waals surface area contributed by atoms with Crippen molar-refractivity contribution >= 4 is 9.84 Å².